The van der Waals surface area contributed by atoms with Crippen LogP contribution in [0.2, 0.25) is 0 Å². The third-order valence-corrected chi connectivity index (χ3v) is 3.35. The lowest BCUT2D eigenvalue weighted by Gasteiger charge is -2.31. The van der Waals surface area contributed by atoms with Gasteiger partial charge in [-0.1, -0.05) is 6.92 Å². The number of likely N-dealkylation sites (N-methyl/N-ethyl adjacent to an activating group) is 1. The summed E-state index contributed by atoms with van der Waals surface area (Å²) >= 11 is 0. The zero-order valence-corrected chi connectivity index (χ0v) is 12.7. The lowest BCUT2D eigenvalue weighted by Crippen LogP contribution is -2.46. The summed E-state index contributed by atoms with van der Waals surface area (Å²) in [6.45, 7) is 12.9. The predicted molar refractivity (Wildman–Crippen MR) is 76.7 cm³/mol. The third-order valence-electron chi connectivity index (χ3n) is 3.35. The van der Waals surface area contributed by atoms with Crippen molar-refractivity contribution in [1.29, 1.82) is 0 Å². The normalized spacial score (nSPS) is 14.2. The molecule has 0 spiro atoms. The van der Waals surface area contributed by atoms with Gasteiger partial charge in [-0.25, -0.2) is 0 Å². The highest BCUT2D eigenvalue weighted by molar-refractivity contribution is 5.15. The molecular weight excluding hydrogens is 224 g/mol. The highest BCUT2D eigenvalue weighted by Crippen LogP contribution is 2.14. The highest BCUT2D eigenvalue weighted by Gasteiger charge is 2.17. The van der Waals surface area contributed by atoms with Crippen LogP contribution in [0, 0.1) is 6.92 Å². The molecule has 0 bridgehead atoms. The zero-order valence-electron chi connectivity index (χ0n) is 12.7. The van der Waals surface area contributed by atoms with E-state index in [-0.39, 0.29) is 5.54 Å². The molecule has 1 rings (SSSR count). The molecule has 3 heteroatoms. The molecule has 1 heterocycles. The third kappa shape index (κ3) is 4.83. The molecule has 1 atom stereocenters. The SMILES string of the molecule is CCC(CNC(C)(C)C)N(C)Cc1ccoc1C. The Bertz CT molecular complexity index is 352. The first-order valence-electron chi connectivity index (χ1n) is 6.81. The smallest absolute Gasteiger partial charge is 0.105 e. The van der Waals surface area contributed by atoms with Crippen molar-refractivity contribution >= 4 is 0 Å². The Morgan fingerprint density at radius 3 is 2.50 bits per heavy atom. The minimum atomic E-state index is 0.180. The summed E-state index contributed by atoms with van der Waals surface area (Å²) in [5.41, 5.74) is 1.46. The fraction of sp³-hybridized carbons (Fsp3) is 0.733. The van der Waals surface area contributed by atoms with Crippen molar-refractivity contribution < 1.29 is 4.42 Å². The number of rotatable bonds is 6. The Balaban J connectivity index is 2.52. The van der Waals surface area contributed by atoms with Gasteiger partial charge in [0.15, 0.2) is 0 Å². The lowest BCUT2D eigenvalue weighted by molar-refractivity contribution is 0.207. The van der Waals surface area contributed by atoms with Crippen LogP contribution in [0.25, 0.3) is 0 Å². The average Bonchev–Trinajstić information content (AvgIpc) is 2.63. The first kappa shape index (κ1) is 15.3. The Morgan fingerprint density at radius 2 is 2.06 bits per heavy atom. The summed E-state index contributed by atoms with van der Waals surface area (Å²) in [6, 6.07) is 2.62. The first-order chi connectivity index (χ1) is 8.33. The van der Waals surface area contributed by atoms with Crippen molar-refractivity contribution in [3.63, 3.8) is 0 Å². The standard InChI is InChI=1S/C15H28N2O/c1-7-14(10-16-15(3,4)5)17(6)11-13-8-9-18-12(13)2/h8-9,14,16H,7,10-11H2,1-6H3. The van der Waals surface area contributed by atoms with Crippen molar-refractivity contribution in [2.24, 2.45) is 0 Å². The van der Waals surface area contributed by atoms with Crippen LogP contribution in [-0.4, -0.2) is 30.1 Å². The second kappa shape index (κ2) is 6.39. The van der Waals surface area contributed by atoms with Gasteiger partial charge in [0.1, 0.15) is 5.76 Å². The minimum absolute atomic E-state index is 0.180. The molecule has 1 aromatic heterocycles. The fourth-order valence-electron chi connectivity index (χ4n) is 2.01. The molecule has 0 saturated carbocycles. The maximum atomic E-state index is 5.35. The van der Waals surface area contributed by atoms with Crippen molar-refractivity contribution in [3.05, 3.63) is 23.7 Å². The molecule has 1 unspecified atom stereocenters. The van der Waals surface area contributed by atoms with E-state index in [1.807, 2.05) is 6.92 Å². The Labute approximate surface area is 112 Å². The molecule has 0 radical (unpaired) electrons. The second-order valence-corrected chi connectivity index (χ2v) is 6.11. The number of furan rings is 1. The summed E-state index contributed by atoms with van der Waals surface area (Å²) in [6.07, 6.45) is 2.92. The molecule has 0 amide bonds. The van der Waals surface area contributed by atoms with Gasteiger partial charge < -0.3 is 9.73 Å². The monoisotopic (exact) mass is 252 g/mol. The Hall–Kier alpha value is -0.800. The van der Waals surface area contributed by atoms with E-state index in [1.54, 1.807) is 6.26 Å². The molecular formula is C15H28N2O. The largest absolute Gasteiger partial charge is 0.469 e. The van der Waals surface area contributed by atoms with Gasteiger partial charge in [-0.05, 0) is 47.2 Å². The van der Waals surface area contributed by atoms with Gasteiger partial charge in [0, 0.05) is 30.2 Å². The lowest BCUT2D eigenvalue weighted by atomic mass is 10.1. The van der Waals surface area contributed by atoms with E-state index in [0.29, 0.717) is 6.04 Å². The number of hydrogen-bond donors (Lipinski definition) is 1. The summed E-state index contributed by atoms with van der Waals surface area (Å²) in [5, 5.41) is 3.58. The zero-order chi connectivity index (χ0) is 13.8. The molecule has 104 valence electrons. The van der Waals surface area contributed by atoms with Gasteiger partial charge in [0.25, 0.3) is 0 Å². The molecule has 1 N–H and O–H groups in total. The molecule has 18 heavy (non-hydrogen) atoms. The first-order valence-corrected chi connectivity index (χ1v) is 6.81. The van der Waals surface area contributed by atoms with Crippen LogP contribution in [0.3, 0.4) is 0 Å². The molecule has 0 aliphatic rings. The predicted octanol–water partition coefficient (Wildman–Crippen LogP) is 3.19. The fourth-order valence-corrected chi connectivity index (χ4v) is 2.01. The van der Waals surface area contributed by atoms with Crippen LogP contribution >= 0.6 is 0 Å². The van der Waals surface area contributed by atoms with E-state index < -0.39 is 0 Å². The van der Waals surface area contributed by atoms with Crippen LogP contribution in [0.5, 0.6) is 0 Å². The Kier molecular flexibility index (Phi) is 5.42. The number of nitrogens with zero attached hydrogens (tertiary/aromatic N) is 1. The van der Waals surface area contributed by atoms with Crippen molar-refractivity contribution in [3.8, 4) is 0 Å². The van der Waals surface area contributed by atoms with Crippen molar-refractivity contribution in [2.45, 2.75) is 59.2 Å². The summed E-state index contributed by atoms with van der Waals surface area (Å²) in [7, 11) is 2.19. The van der Waals surface area contributed by atoms with Crippen molar-refractivity contribution in [1.82, 2.24) is 10.2 Å². The molecule has 0 fully saturated rings. The van der Waals surface area contributed by atoms with E-state index in [0.717, 1.165) is 25.3 Å². The van der Waals surface area contributed by atoms with Crippen LogP contribution < -0.4 is 5.32 Å². The van der Waals surface area contributed by atoms with Crippen LogP contribution in [0.15, 0.2) is 16.7 Å². The second-order valence-electron chi connectivity index (χ2n) is 6.11. The molecule has 0 aromatic carbocycles. The van der Waals surface area contributed by atoms with Gasteiger partial charge in [0.05, 0.1) is 6.26 Å². The van der Waals surface area contributed by atoms with Gasteiger partial charge in [-0.3, -0.25) is 4.90 Å². The van der Waals surface area contributed by atoms with Crippen molar-refractivity contribution in [2.75, 3.05) is 13.6 Å². The van der Waals surface area contributed by atoms with Crippen LogP contribution in [0.1, 0.15) is 45.4 Å². The van der Waals surface area contributed by atoms with Gasteiger partial charge >= 0.3 is 0 Å². The number of nitrogens with one attached hydrogen (secondary N) is 1. The quantitative estimate of drug-likeness (QED) is 0.843. The maximum Gasteiger partial charge on any atom is 0.105 e. The molecule has 0 saturated heterocycles. The van der Waals surface area contributed by atoms with Gasteiger partial charge in [0.2, 0.25) is 0 Å². The van der Waals surface area contributed by atoms with Gasteiger partial charge in [-0.15, -0.1) is 0 Å². The molecule has 3 nitrogen and oxygen atoms in total. The maximum absolute atomic E-state index is 5.35. The van der Waals surface area contributed by atoms with E-state index >= 15 is 0 Å². The number of aryl methyl sites for hydroxylation is 1. The molecule has 0 aliphatic heterocycles. The minimum Gasteiger partial charge on any atom is -0.469 e. The number of hydrogen-bond acceptors (Lipinski definition) is 3. The van der Waals surface area contributed by atoms with Gasteiger partial charge in [-0.2, -0.15) is 0 Å². The average molecular weight is 252 g/mol. The Morgan fingerprint density at radius 1 is 1.39 bits per heavy atom. The summed E-state index contributed by atoms with van der Waals surface area (Å²) in [5.74, 6) is 1.03. The van der Waals surface area contributed by atoms with E-state index in [2.05, 4.69) is 51.0 Å². The van der Waals surface area contributed by atoms with Crippen LogP contribution in [-0.2, 0) is 6.54 Å². The van der Waals surface area contributed by atoms with E-state index in [1.165, 1.54) is 5.56 Å². The summed E-state index contributed by atoms with van der Waals surface area (Å²) < 4.78 is 5.35. The van der Waals surface area contributed by atoms with E-state index in [4.69, 9.17) is 4.42 Å². The molecule has 0 aliphatic carbocycles. The molecule has 1 aromatic rings. The van der Waals surface area contributed by atoms with E-state index in [9.17, 15) is 0 Å². The van der Waals surface area contributed by atoms with Crippen LogP contribution in [0.4, 0.5) is 0 Å². The topological polar surface area (TPSA) is 28.4 Å². The highest BCUT2D eigenvalue weighted by atomic mass is 16.3. The summed E-state index contributed by atoms with van der Waals surface area (Å²) in [4.78, 5) is 2.40.